The number of aliphatic imine (C=N–C) groups is 1. The summed E-state index contributed by atoms with van der Waals surface area (Å²) in [6, 6.07) is 14.0. The van der Waals surface area contributed by atoms with Gasteiger partial charge in [0.1, 0.15) is 0 Å². The number of nitrogens with two attached hydrogens (primary N) is 1. The fourth-order valence-corrected chi connectivity index (χ4v) is 2.73. The van der Waals surface area contributed by atoms with Crippen LogP contribution in [-0.2, 0) is 13.1 Å². The predicted molar refractivity (Wildman–Crippen MR) is 112 cm³/mol. The predicted octanol–water partition coefficient (Wildman–Crippen LogP) is 3.47. The number of benzene rings is 2. The largest absolute Gasteiger partial charge is 0.493 e. The van der Waals surface area contributed by atoms with Crippen molar-refractivity contribution in [2.24, 2.45) is 10.7 Å². The lowest BCUT2D eigenvalue weighted by Gasteiger charge is -2.18. The van der Waals surface area contributed by atoms with E-state index in [0.717, 1.165) is 30.9 Å². The van der Waals surface area contributed by atoms with Crippen molar-refractivity contribution < 1.29 is 9.47 Å². The summed E-state index contributed by atoms with van der Waals surface area (Å²) in [5.41, 5.74) is 9.23. The molecule has 0 aliphatic rings. The molecule has 27 heavy (non-hydrogen) atoms. The van der Waals surface area contributed by atoms with Gasteiger partial charge in [-0.3, -0.25) is 4.90 Å². The molecule has 0 radical (unpaired) electrons. The Morgan fingerprint density at radius 3 is 2.19 bits per heavy atom. The van der Waals surface area contributed by atoms with Gasteiger partial charge in [0, 0.05) is 18.3 Å². The molecule has 146 valence electrons. The molecule has 2 rings (SSSR count). The van der Waals surface area contributed by atoms with Crippen molar-refractivity contribution in [3.8, 4) is 11.5 Å². The van der Waals surface area contributed by atoms with Crippen LogP contribution in [0.4, 0.5) is 5.69 Å². The lowest BCUT2D eigenvalue weighted by Crippen LogP contribution is -2.22. The van der Waals surface area contributed by atoms with Gasteiger partial charge in [0.15, 0.2) is 17.5 Å². The Kier molecular flexibility index (Phi) is 7.95. The maximum Gasteiger partial charge on any atom is 0.193 e. The number of nitrogens with zero attached hydrogens (tertiary/aromatic N) is 2. The van der Waals surface area contributed by atoms with Crippen LogP contribution in [0.1, 0.15) is 25.0 Å². The van der Waals surface area contributed by atoms with Crippen LogP contribution in [0.2, 0.25) is 0 Å². The lowest BCUT2D eigenvalue weighted by molar-refractivity contribution is 0.296. The van der Waals surface area contributed by atoms with Crippen LogP contribution in [0.25, 0.3) is 0 Å². The van der Waals surface area contributed by atoms with Crippen LogP contribution in [-0.4, -0.2) is 38.2 Å². The van der Waals surface area contributed by atoms with E-state index < -0.39 is 0 Å². The van der Waals surface area contributed by atoms with Crippen molar-refractivity contribution in [2.75, 3.05) is 32.6 Å². The summed E-state index contributed by atoms with van der Waals surface area (Å²) in [6.45, 7) is 7.97. The van der Waals surface area contributed by atoms with Crippen LogP contribution < -0.4 is 20.5 Å². The quantitative estimate of drug-likeness (QED) is 0.522. The number of anilines is 1. The second-order valence-corrected chi connectivity index (χ2v) is 6.17. The Morgan fingerprint density at radius 1 is 0.963 bits per heavy atom. The molecule has 0 spiro atoms. The number of hydrogen-bond acceptors (Lipinski definition) is 4. The molecule has 0 amide bonds. The number of ether oxygens (including phenoxy) is 2. The zero-order valence-corrected chi connectivity index (χ0v) is 16.7. The summed E-state index contributed by atoms with van der Waals surface area (Å²) >= 11 is 0. The van der Waals surface area contributed by atoms with Gasteiger partial charge in [-0.2, -0.15) is 0 Å². The van der Waals surface area contributed by atoms with Crippen LogP contribution in [0, 0.1) is 0 Å². The van der Waals surface area contributed by atoms with Crippen molar-refractivity contribution in [3.63, 3.8) is 0 Å². The van der Waals surface area contributed by atoms with E-state index in [4.69, 9.17) is 15.2 Å². The molecule has 2 aromatic carbocycles. The minimum absolute atomic E-state index is 0.356. The van der Waals surface area contributed by atoms with Crippen LogP contribution >= 0.6 is 0 Å². The zero-order chi connectivity index (χ0) is 19.6. The SMILES string of the molecule is CCN(CC)Cc1ccc(CN=C(N)Nc2ccc(OC)c(OC)c2)cc1. The van der Waals surface area contributed by atoms with Crippen molar-refractivity contribution in [3.05, 3.63) is 53.6 Å². The first-order valence-corrected chi connectivity index (χ1v) is 9.18. The third-order valence-corrected chi connectivity index (χ3v) is 4.41. The molecule has 3 N–H and O–H groups in total. The number of guanidine groups is 1. The summed E-state index contributed by atoms with van der Waals surface area (Å²) in [7, 11) is 3.21. The van der Waals surface area contributed by atoms with Crippen molar-refractivity contribution >= 4 is 11.6 Å². The molecule has 6 nitrogen and oxygen atoms in total. The Hall–Kier alpha value is -2.73. The van der Waals surface area contributed by atoms with Gasteiger partial charge in [0.25, 0.3) is 0 Å². The number of rotatable bonds is 9. The first-order valence-electron chi connectivity index (χ1n) is 9.18. The van der Waals surface area contributed by atoms with Gasteiger partial charge in [-0.15, -0.1) is 0 Å². The van der Waals surface area contributed by atoms with Crippen molar-refractivity contribution in [2.45, 2.75) is 26.9 Å². The lowest BCUT2D eigenvalue weighted by atomic mass is 10.1. The number of nitrogens with one attached hydrogen (secondary N) is 1. The highest BCUT2D eigenvalue weighted by atomic mass is 16.5. The first-order chi connectivity index (χ1) is 13.1. The van der Waals surface area contributed by atoms with E-state index >= 15 is 0 Å². The Bertz CT molecular complexity index is 740. The molecule has 0 atom stereocenters. The highest BCUT2D eigenvalue weighted by Gasteiger charge is 2.05. The second-order valence-electron chi connectivity index (χ2n) is 6.17. The second kappa shape index (κ2) is 10.4. The van der Waals surface area contributed by atoms with E-state index in [1.54, 1.807) is 14.2 Å². The summed E-state index contributed by atoms with van der Waals surface area (Å²) in [6.07, 6.45) is 0. The Labute approximate surface area is 162 Å². The van der Waals surface area contributed by atoms with Crippen molar-refractivity contribution in [1.29, 1.82) is 0 Å². The first kappa shape index (κ1) is 20.6. The van der Waals surface area contributed by atoms with Gasteiger partial charge in [-0.25, -0.2) is 4.99 Å². The third kappa shape index (κ3) is 6.18. The highest BCUT2D eigenvalue weighted by molar-refractivity contribution is 5.92. The third-order valence-electron chi connectivity index (χ3n) is 4.41. The van der Waals surface area contributed by atoms with E-state index in [-0.39, 0.29) is 0 Å². The summed E-state index contributed by atoms with van der Waals surface area (Å²) in [5.74, 6) is 1.66. The number of hydrogen-bond donors (Lipinski definition) is 2. The van der Waals surface area contributed by atoms with Gasteiger partial charge in [0.05, 0.1) is 20.8 Å². The molecular formula is C21H30N4O2. The van der Waals surface area contributed by atoms with Gasteiger partial charge in [-0.1, -0.05) is 38.1 Å². The van der Waals surface area contributed by atoms with E-state index in [2.05, 4.69) is 53.3 Å². The average Bonchev–Trinajstić information content (AvgIpc) is 2.71. The smallest absolute Gasteiger partial charge is 0.193 e. The molecule has 0 aromatic heterocycles. The maximum atomic E-state index is 6.01. The molecular weight excluding hydrogens is 340 g/mol. The van der Waals surface area contributed by atoms with Gasteiger partial charge in [-0.05, 0) is 36.3 Å². The molecule has 2 aromatic rings. The van der Waals surface area contributed by atoms with Crippen molar-refractivity contribution in [1.82, 2.24) is 4.90 Å². The standard InChI is InChI=1S/C21H30N4O2/c1-5-25(6-2)15-17-9-7-16(8-10-17)14-23-21(22)24-18-11-12-19(26-3)20(13-18)27-4/h7-13H,5-6,14-15H2,1-4H3,(H3,22,23,24). The van der Waals surface area contributed by atoms with Gasteiger partial charge < -0.3 is 20.5 Å². The molecule has 6 heteroatoms. The Morgan fingerprint density at radius 2 is 1.59 bits per heavy atom. The topological polar surface area (TPSA) is 72.1 Å². The average molecular weight is 370 g/mol. The van der Waals surface area contributed by atoms with Crippen LogP contribution in [0.15, 0.2) is 47.5 Å². The normalized spacial score (nSPS) is 11.5. The fraction of sp³-hybridized carbons (Fsp3) is 0.381. The summed E-state index contributed by atoms with van der Waals surface area (Å²) < 4.78 is 10.5. The Balaban J connectivity index is 1.95. The fourth-order valence-electron chi connectivity index (χ4n) is 2.73. The van der Waals surface area contributed by atoms with E-state index in [9.17, 15) is 0 Å². The minimum atomic E-state index is 0.356. The van der Waals surface area contributed by atoms with Crippen LogP contribution in [0.3, 0.4) is 0 Å². The summed E-state index contributed by atoms with van der Waals surface area (Å²) in [4.78, 5) is 6.80. The molecule has 0 heterocycles. The minimum Gasteiger partial charge on any atom is -0.493 e. The zero-order valence-electron chi connectivity index (χ0n) is 16.7. The molecule has 0 bridgehead atoms. The van der Waals surface area contributed by atoms with E-state index in [1.807, 2.05) is 18.2 Å². The van der Waals surface area contributed by atoms with Gasteiger partial charge >= 0.3 is 0 Å². The molecule has 0 aliphatic carbocycles. The van der Waals surface area contributed by atoms with E-state index in [1.165, 1.54) is 5.56 Å². The maximum absolute atomic E-state index is 6.01. The summed E-state index contributed by atoms with van der Waals surface area (Å²) in [5, 5.41) is 3.08. The highest BCUT2D eigenvalue weighted by Crippen LogP contribution is 2.29. The molecule has 0 unspecified atom stereocenters. The molecule has 0 saturated heterocycles. The molecule has 0 saturated carbocycles. The monoisotopic (exact) mass is 370 g/mol. The van der Waals surface area contributed by atoms with E-state index in [0.29, 0.717) is 24.0 Å². The molecule has 0 fully saturated rings. The number of methoxy groups -OCH3 is 2. The molecule has 0 aliphatic heterocycles. The van der Waals surface area contributed by atoms with Gasteiger partial charge in [0.2, 0.25) is 0 Å². The van der Waals surface area contributed by atoms with Crippen LogP contribution in [0.5, 0.6) is 11.5 Å².